The Balaban J connectivity index is 0.00000253. The van der Waals surface area contributed by atoms with Gasteiger partial charge in [0.25, 0.3) is 0 Å². The van der Waals surface area contributed by atoms with Gasteiger partial charge in [0.15, 0.2) is 0 Å². The number of benzene rings is 1. The molecule has 0 radical (unpaired) electrons. The summed E-state index contributed by atoms with van der Waals surface area (Å²) in [6.07, 6.45) is 7.30. The number of rotatable bonds is 8. The number of fused-ring (bicyclic) bond motifs is 1. The molecule has 1 aromatic rings. The SMILES string of the molecule is CN[C@@H](C)C(=O)N[C@H](C(=O)N1C[C@H]2CCCN2C[C@H]1C(=O)NCc1ccccc1C)C1CCCCC1.Cl.Cl. The van der Waals surface area contributed by atoms with E-state index < -0.39 is 12.1 Å². The second-order valence-electron chi connectivity index (χ2n) is 10.8. The predicted molar refractivity (Wildman–Crippen MR) is 155 cm³/mol. The number of carbonyl (C=O) groups excluding carboxylic acids is 3. The highest BCUT2D eigenvalue weighted by molar-refractivity contribution is 5.93. The molecule has 0 unspecified atom stereocenters. The first-order valence-electron chi connectivity index (χ1n) is 13.7. The fourth-order valence-corrected chi connectivity index (χ4v) is 6.03. The van der Waals surface area contributed by atoms with Gasteiger partial charge in [0, 0.05) is 25.7 Å². The molecular weight excluding hydrogens is 525 g/mol. The highest BCUT2D eigenvalue weighted by Crippen LogP contribution is 2.30. The summed E-state index contributed by atoms with van der Waals surface area (Å²) in [6, 6.07) is 6.78. The quantitative estimate of drug-likeness (QED) is 0.447. The molecule has 0 spiro atoms. The minimum absolute atomic E-state index is 0. The van der Waals surface area contributed by atoms with E-state index >= 15 is 0 Å². The van der Waals surface area contributed by atoms with Crippen molar-refractivity contribution in [1.82, 2.24) is 25.8 Å². The second kappa shape index (κ2) is 15.1. The summed E-state index contributed by atoms with van der Waals surface area (Å²) in [7, 11) is 1.75. The molecule has 4 atom stereocenters. The predicted octanol–water partition coefficient (Wildman–Crippen LogP) is 2.80. The van der Waals surface area contributed by atoms with Gasteiger partial charge in [0.1, 0.15) is 12.1 Å². The van der Waals surface area contributed by atoms with Gasteiger partial charge >= 0.3 is 0 Å². The zero-order valence-electron chi connectivity index (χ0n) is 22.9. The van der Waals surface area contributed by atoms with Crippen molar-refractivity contribution in [3.63, 3.8) is 0 Å². The summed E-state index contributed by atoms with van der Waals surface area (Å²) < 4.78 is 0. The van der Waals surface area contributed by atoms with Crippen LogP contribution in [0.3, 0.4) is 0 Å². The molecule has 10 heteroatoms. The van der Waals surface area contributed by atoms with Gasteiger partial charge in [-0.15, -0.1) is 24.8 Å². The molecule has 214 valence electrons. The highest BCUT2D eigenvalue weighted by Gasteiger charge is 2.45. The normalized spacial score (nSPS) is 23.3. The lowest BCUT2D eigenvalue weighted by Gasteiger charge is -2.45. The lowest BCUT2D eigenvalue weighted by Crippen LogP contribution is -2.66. The van der Waals surface area contributed by atoms with Gasteiger partial charge in [-0.3, -0.25) is 19.3 Å². The monoisotopic (exact) mass is 569 g/mol. The maximum atomic E-state index is 14.2. The fourth-order valence-electron chi connectivity index (χ4n) is 6.03. The van der Waals surface area contributed by atoms with Gasteiger partial charge < -0.3 is 20.9 Å². The smallest absolute Gasteiger partial charge is 0.246 e. The summed E-state index contributed by atoms with van der Waals surface area (Å²) in [6.45, 7) is 6.34. The third kappa shape index (κ3) is 7.62. The zero-order valence-corrected chi connectivity index (χ0v) is 24.5. The van der Waals surface area contributed by atoms with Gasteiger partial charge in [0.05, 0.1) is 6.04 Å². The lowest BCUT2D eigenvalue weighted by atomic mass is 9.82. The highest BCUT2D eigenvalue weighted by atomic mass is 35.5. The van der Waals surface area contributed by atoms with Crippen LogP contribution in [0.2, 0.25) is 0 Å². The summed E-state index contributed by atoms with van der Waals surface area (Å²) in [5.41, 5.74) is 2.21. The second-order valence-corrected chi connectivity index (χ2v) is 10.8. The third-order valence-electron chi connectivity index (χ3n) is 8.50. The van der Waals surface area contributed by atoms with E-state index in [1.165, 1.54) is 6.42 Å². The zero-order chi connectivity index (χ0) is 25.7. The molecule has 2 aliphatic heterocycles. The summed E-state index contributed by atoms with van der Waals surface area (Å²) in [5.74, 6) is -0.270. The maximum absolute atomic E-state index is 14.2. The first-order chi connectivity index (χ1) is 17.4. The van der Waals surface area contributed by atoms with E-state index in [9.17, 15) is 14.4 Å². The van der Waals surface area contributed by atoms with E-state index in [4.69, 9.17) is 0 Å². The van der Waals surface area contributed by atoms with E-state index in [-0.39, 0.29) is 60.5 Å². The molecule has 2 saturated heterocycles. The fraction of sp³-hybridized carbons (Fsp3) is 0.679. The maximum Gasteiger partial charge on any atom is 0.246 e. The Labute approximate surface area is 239 Å². The molecule has 8 nitrogen and oxygen atoms in total. The summed E-state index contributed by atoms with van der Waals surface area (Å²) >= 11 is 0. The average molecular weight is 571 g/mol. The van der Waals surface area contributed by atoms with Crippen LogP contribution in [0.4, 0.5) is 0 Å². The number of carbonyl (C=O) groups is 3. The number of aryl methyl sites for hydroxylation is 1. The molecule has 0 aromatic heterocycles. The molecule has 1 aliphatic carbocycles. The molecular formula is C28H45Cl2N5O3. The molecule has 3 N–H and O–H groups in total. The van der Waals surface area contributed by atoms with Crippen molar-refractivity contribution in [3.8, 4) is 0 Å². The molecule has 1 aromatic carbocycles. The van der Waals surface area contributed by atoms with Crippen LogP contribution in [-0.2, 0) is 20.9 Å². The Kier molecular flexibility index (Phi) is 12.8. The summed E-state index contributed by atoms with van der Waals surface area (Å²) in [4.78, 5) is 44.7. The molecule has 2 heterocycles. The van der Waals surface area contributed by atoms with E-state index in [0.29, 0.717) is 19.6 Å². The minimum atomic E-state index is -0.590. The largest absolute Gasteiger partial charge is 0.350 e. The Morgan fingerprint density at radius 3 is 2.39 bits per heavy atom. The summed E-state index contributed by atoms with van der Waals surface area (Å²) in [5, 5.41) is 9.16. The molecule has 3 amide bonds. The topological polar surface area (TPSA) is 93.8 Å². The van der Waals surface area contributed by atoms with Crippen molar-refractivity contribution in [2.75, 3.05) is 26.7 Å². The van der Waals surface area contributed by atoms with Crippen LogP contribution in [0.15, 0.2) is 24.3 Å². The van der Waals surface area contributed by atoms with Crippen molar-refractivity contribution in [1.29, 1.82) is 0 Å². The van der Waals surface area contributed by atoms with Crippen LogP contribution >= 0.6 is 24.8 Å². The van der Waals surface area contributed by atoms with Gasteiger partial charge in [-0.05, 0) is 70.2 Å². The van der Waals surface area contributed by atoms with Crippen molar-refractivity contribution in [3.05, 3.63) is 35.4 Å². The Morgan fingerprint density at radius 2 is 1.71 bits per heavy atom. The number of halogens is 2. The van der Waals surface area contributed by atoms with Crippen molar-refractivity contribution in [2.45, 2.75) is 89.5 Å². The first-order valence-corrected chi connectivity index (χ1v) is 13.7. The van der Waals surface area contributed by atoms with Crippen LogP contribution in [-0.4, -0.2) is 78.4 Å². The van der Waals surface area contributed by atoms with Crippen molar-refractivity contribution < 1.29 is 14.4 Å². The number of likely N-dealkylation sites (N-methyl/N-ethyl adjacent to an activating group) is 1. The van der Waals surface area contributed by atoms with Gasteiger partial charge in [-0.2, -0.15) is 0 Å². The molecule has 4 rings (SSSR count). The molecule has 38 heavy (non-hydrogen) atoms. The van der Waals surface area contributed by atoms with Crippen LogP contribution < -0.4 is 16.0 Å². The van der Waals surface area contributed by atoms with Crippen LogP contribution in [0, 0.1) is 12.8 Å². The van der Waals surface area contributed by atoms with E-state index in [0.717, 1.165) is 56.2 Å². The first kappa shape index (κ1) is 32.3. The van der Waals surface area contributed by atoms with Gasteiger partial charge in [-0.1, -0.05) is 43.5 Å². The lowest BCUT2D eigenvalue weighted by molar-refractivity contribution is -0.149. The van der Waals surface area contributed by atoms with E-state index in [2.05, 4.69) is 20.9 Å². The minimum Gasteiger partial charge on any atom is -0.350 e. The van der Waals surface area contributed by atoms with E-state index in [1.807, 2.05) is 31.2 Å². The van der Waals surface area contributed by atoms with Gasteiger partial charge in [-0.25, -0.2) is 0 Å². The molecule has 0 bridgehead atoms. The number of nitrogens with one attached hydrogen (secondary N) is 3. The molecule has 1 saturated carbocycles. The van der Waals surface area contributed by atoms with Crippen molar-refractivity contribution in [2.24, 2.45) is 5.92 Å². The van der Waals surface area contributed by atoms with Gasteiger partial charge in [0.2, 0.25) is 17.7 Å². The van der Waals surface area contributed by atoms with Crippen LogP contribution in [0.1, 0.15) is 63.0 Å². The van der Waals surface area contributed by atoms with Crippen LogP contribution in [0.25, 0.3) is 0 Å². The molecule has 3 fully saturated rings. The van der Waals surface area contributed by atoms with Crippen molar-refractivity contribution >= 4 is 42.5 Å². The Morgan fingerprint density at radius 1 is 1.00 bits per heavy atom. The van der Waals surface area contributed by atoms with E-state index in [1.54, 1.807) is 18.9 Å². The Bertz CT molecular complexity index is 943. The third-order valence-corrected chi connectivity index (χ3v) is 8.50. The molecule has 3 aliphatic rings. The number of piperazine rings is 1. The van der Waals surface area contributed by atoms with Crippen LogP contribution in [0.5, 0.6) is 0 Å². The number of hydrogen-bond donors (Lipinski definition) is 3. The number of amides is 3. The number of nitrogens with zero attached hydrogens (tertiary/aromatic N) is 2. The average Bonchev–Trinajstić information content (AvgIpc) is 3.37. The Hall–Kier alpha value is -1.87. The number of hydrogen-bond acceptors (Lipinski definition) is 5. The standard InChI is InChI=1S/C28H43N5O3.2ClH/c1-19-10-7-8-13-22(19)16-30-27(35)24-18-32-15-9-14-23(32)17-33(24)28(36)25(21-11-5-4-6-12-21)31-26(34)20(2)29-3;;/h7-8,10,13,20-21,23-25,29H,4-6,9,11-12,14-18H2,1-3H3,(H,30,35)(H,31,34);2*1H/t20-,23+,24-,25-;;/m0../s1.